The lowest BCUT2D eigenvalue weighted by Crippen LogP contribution is -1.82. The van der Waals surface area contributed by atoms with Gasteiger partial charge >= 0.3 is 0 Å². The fraction of sp³-hybridized carbons (Fsp3) is 0.111. The van der Waals surface area contributed by atoms with E-state index in [0.717, 1.165) is 19.9 Å². The smallest absolute Gasteiger partial charge is 0.0774 e. The van der Waals surface area contributed by atoms with Gasteiger partial charge < -0.3 is 10.8 Å². The summed E-state index contributed by atoms with van der Waals surface area (Å²) in [6, 6.07) is 5.67. The van der Waals surface area contributed by atoms with Crippen LogP contribution in [0.25, 0.3) is 10.1 Å². The van der Waals surface area contributed by atoms with Crippen LogP contribution in [0.3, 0.4) is 0 Å². The second-order valence-corrected chi connectivity index (χ2v) is 4.47. The van der Waals surface area contributed by atoms with Crippen LogP contribution in [0.1, 0.15) is 4.88 Å². The molecular formula is C9H9NOS2. The van der Waals surface area contributed by atoms with E-state index in [-0.39, 0.29) is 6.61 Å². The predicted octanol–water partition coefficient (Wildman–Crippen LogP) is 2.26. The van der Waals surface area contributed by atoms with Crippen molar-refractivity contribution in [3.8, 4) is 0 Å². The lowest BCUT2D eigenvalue weighted by Gasteiger charge is -1.96. The Morgan fingerprint density at radius 1 is 1.38 bits per heavy atom. The molecule has 68 valence electrons. The Morgan fingerprint density at radius 3 is 2.85 bits per heavy atom. The molecule has 13 heavy (non-hydrogen) atoms. The van der Waals surface area contributed by atoms with E-state index < -0.39 is 0 Å². The topological polar surface area (TPSA) is 46.2 Å². The first-order chi connectivity index (χ1) is 6.20. The SMILES string of the molecule is Nc1cc(S)c2cc(CO)sc2c1. The molecule has 3 N–H and O–H groups in total. The van der Waals surface area contributed by atoms with Gasteiger partial charge in [0.15, 0.2) is 0 Å². The molecule has 1 aromatic heterocycles. The second kappa shape index (κ2) is 3.21. The molecule has 2 nitrogen and oxygen atoms in total. The van der Waals surface area contributed by atoms with Crippen LogP contribution in [-0.4, -0.2) is 5.11 Å². The highest BCUT2D eigenvalue weighted by molar-refractivity contribution is 7.80. The van der Waals surface area contributed by atoms with Crippen LogP contribution in [0, 0.1) is 0 Å². The third-order valence-electron chi connectivity index (χ3n) is 1.84. The first-order valence-electron chi connectivity index (χ1n) is 3.82. The van der Waals surface area contributed by atoms with Gasteiger partial charge in [-0.2, -0.15) is 0 Å². The van der Waals surface area contributed by atoms with Gasteiger partial charge in [0.05, 0.1) is 6.61 Å². The van der Waals surface area contributed by atoms with Crippen LogP contribution in [0.2, 0.25) is 0 Å². The van der Waals surface area contributed by atoms with Crippen molar-refractivity contribution in [2.24, 2.45) is 0 Å². The van der Waals surface area contributed by atoms with Gasteiger partial charge in [-0.25, -0.2) is 0 Å². The quantitative estimate of drug-likeness (QED) is 0.500. The molecule has 2 aromatic rings. The molecule has 0 saturated heterocycles. The van der Waals surface area contributed by atoms with Crippen molar-refractivity contribution in [2.45, 2.75) is 11.5 Å². The molecule has 0 saturated carbocycles. The molecule has 0 radical (unpaired) electrons. The third-order valence-corrected chi connectivity index (χ3v) is 3.28. The second-order valence-electron chi connectivity index (χ2n) is 2.82. The molecule has 0 aliphatic rings. The van der Waals surface area contributed by atoms with Gasteiger partial charge in [0.2, 0.25) is 0 Å². The number of aliphatic hydroxyl groups excluding tert-OH is 1. The first-order valence-corrected chi connectivity index (χ1v) is 5.09. The summed E-state index contributed by atoms with van der Waals surface area (Å²) >= 11 is 5.86. The van der Waals surface area contributed by atoms with E-state index in [1.54, 1.807) is 11.3 Å². The van der Waals surface area contributed by atoms with Crippen LogP contribution in [0.5, 0.6) is 0 Å². The summed E-state index contributed by atoms with van der Waals surface area (Å²) in [6.07, 6.45) is 0. The van der Waals surface area contributed by atoms with Gasteiger partial charge in [-0.15, -0.1) is 24.0 Å². The number of aliphatic hydroxyl groups is 1. The van der Waals surface area contributed by atoms with Crippen molar-refractivity contribution in [1.29, 1.82) is 0 Å². The number of hydrogen-bond donors (Lipinski definition) is 3. The van der Waals surface area contributed by atoms with Crippen LogP contribution in [-0.2, 0) is 6.61 Å². The van der Waals surface area contributed by atoms with E-state index in [1.165, 1.54) is 0 Å². The average molecular weight is 211 g/mol. The molecule has 0 fully saturated rings. The summed E-state index contributed by atoms with van der Waals surface area (Å²) < 4.78 is 1.08. The molecule has 0 atom stereocenters. The summed E-state index contributed by atoms with van der Waals surface area (Å²) in [4.78, 5) is 1.81. The van der Waals surface area contributed by atoms with Crippen molar-refractivity contribution >= 4 is 39.7 Å². The Hall–Kier alpha value is -0.710. The van der Waals surface area contributed by atoms with Crippen LogP contribution < -0.4 is 5.73 Å². The number of benzene rings is 1. The Bertz CT molecular complexity index is 450. The van der Waals surface area contributed by atoms with E-state index in [0.29, 0.717) is 5.69 Å². The Labute approximate surface area is 85.4 Å². The van der Waals surface area contributed by atoms with Crippen molar-refractivity contribution < 1.29 is 5.11 Å². The third kappa shape index (κ3) is 1.52. The number of rotatable bonds is 1. The van der Waals surface area contributed by atoms with Crippen molar-refractivity contribution in [3.05, 3.63) is 23.1 Å². The summed E-state index contributed by atoms with van der Waals surface area (Å²) in [5.41, 5.74) is 6.38. The zero-order chi connectivity index (χ0) is 9.42. The first kappa shape index (κ1) is 8.87. The molecule has 0 aliphatic carbocycles. The number of fused-ring (bicyclic) bond motifs is 1. The molecule has 1 heterocycles. The molecular weight excluding hydrogens is 202 g/mol. The zero-order valence-corrected chi connectivity index (χ0v) is 8.53. The summed E-state index contributed by atoms with van der Waals surface area (Å²) in [6.45, 7) is 0.0759. The van der Waals surface area contributed by atoms with E-state index in [1.807, 2.05) is 18.2 Å². The fourth-order valence-corrected chi connectivity index (χ4v) is 2.68. The maximum absolute atomic E-state index is 8.95. The van der Waals surface area contributed by atoms with Gasteiger partial charge in [-0.1, -0.05) is 0 Å². The monoisotopic (exact) mass is 211 g/mol. The van der Waals surface area contributed by atoms with Gasteiger partial charge in [-0.3, -0.25) is 0 Å². The summed E-state index contributed by atoms with van der Waals surface area (Å²) in [5.74, 6) is 0. The van der Waals surface area contributed by atoms with Gasteiger partial charge in [0, 0.05) is 25.5 Å². The molecule has 0 spiro atoms. The number of anilines is 1. The van der Waals surface area contributed by atoms with Crippen molar-refractivity contribution in [3.63, 3.8) is 0 Å². The van der Waals surface area contributed by atoms with E-state index in [4.69, 9.17) is 10.8 Å². The summed E-state index contributed by atoms with van der Waals surface area (Å²) in [5, 5.41) is 10.0. The minimum Gasteiger partial charge on any atom is -0.399 e. The van der Waals surface area contributed by atoms with Gasteiger partial charge in [-0.05, 0) is 18.2 Å². The number of nitrogens with two attached hydrogens (primary N) is 1. The standard InChI is InChI=1S/C9H9NOS2/c10-5-1-8(12)7-3-6(4-11)13-9(7)2-5/h1-3,11-12H,4,10H2. The lowest BCUT2D eigenvalue weighted by atomic mass is 10.2. The van der Waals surface area contributed by atoms with Crippen LogP contribution >= 0.6 is 24.0 Å². The Balaban J connectivity index is 2.75. The molecule has 2 rings (SSSR count). The molecule has 0 aliphatic heterocycles. The molecule has 0 unspecified atom stereocenters. The number of nitrogen functional groups attached to an aromatic ring is 1. The zero-order valence-electron chi connectivity index (χ0n) is 6.82. The van der Waals surface area contributed by atoms with E-state index in [2.05, 4.69) is 12.6 Å². The minimum atomic E-state index is 0.0759. The lowest BCUT2D eigenvalue weighted by molar-refractivity contribution is 0.285. The van der Waals surface area contributed by atoms with E-state index in [9.17, 15) is 0 Å². The van der Waals surface area contributed by atoms with Gasteiger partial charge in [0.25, 0.3) is 0 Å². The highest BCUT2D eigenvalue weighted by atomic mass is 32.1. The number of hydrogen-bond acceptors (Lipinski definition) is 4. The average Bonchev–Trinajstić information content (AvgIpc) is 2.47. The largest absolute Gasteiger partial charge is 0.399 e. The van der Waals surface area contributed by atoms with Crippen LogP contribution in [0.4, 0.5) is 5.69 Å². The van der Waals surface area contributed by atoms with Crippen LogP contribution in [0.15, 0.2) is 23.1 Å². The Kier molecular flexibility index (Phi) is 2.19. The molecule has 0 amide bonds. The molecule has 4 heteroatoms. The van der Waals surface area contributed by atoms with Crippen molar-refractivity contribution in [1.82, 2.24) is 0 Å². The number of thiophene rings is 1. The summed E-state index contributed by atoms with van der Waals surface area (Å²) in [7, 11) is 0. The number of thiol groups is 1. The molecule has 0 bridgehead atoms. The normalized spacial score (nSPS) is 10.9. The Morgan fingerprint density at radius 2 is 2.15 bits per heavy atom. The highest BCUT2D eigenvalue weighted by Crippen LogP contribution is 2.32. The fourth-order valence-electron chi connectivity index (χ4n) is 1.27. The maximum atomic E-state index is 8.95. The maximum Gasteiger partial charge on any atom is 0.0774 e. The highest BCUT2D eigenvalue weighted by Gasteiger charge is 2.04. The van der Waals surface area contributed by atoms with Crippen molar-refractivity contribution in [2.75, 3.05) is 5.73 Å². The predicted molar refractivity (Wildman–Crippen MR) is 59.4 cm³/mol. The molecule has 1 aromatic carbocycles. The van der Waals surface area contributed by atoms with Gasteiger partial charge in [0.1, 0.15) is 0 Å². The minimum absolute atomic E-state index is 0.0759. The van der Waals surface area contributed by atoms with E-state index >= 15 is 0 Å².